The number of aromatic nitrogens is 5. The van der Waals surface area contributed by atoms with Gasteiger partial charge < -0.3 is 14.0 Å². The van der Waals surface area contributed by atoms with Crippen molar-refractivity contribution < 1.29 is 9.47 Å². The van der Waals surface area contributed by atoms with Crippen LogP contribution in [0.1, 0.15) is 6.92 Å². The van der Waals surface area contributed by atoms with Gasteiger partial charge in [0.2, 0.25) is 5.88 Å². The Bertz CT molecular complexity index is 820. The van der Waals surface area contributed by atoms with Crippen LogP contribution < -0.4 is 9.47 Å². The van der Waals surface area contributed by atoms with Crippen LogP contribution in [-0.4, -0.2) is 39.0 Å². The Morgan fingerprint density at radius 2 is 1.83 bits per heavy atom. The number of ether oxygens (including phenoxy) is 2. The molecule has 2 aromatic heterocycles. The SMILES string of the molecule is CCn1c(Sc2nccc(OC)n2)nnc1-c1ccc(OC)cc1. The molecule has 2 heterocycles. The molecular weight excluding hydrogens is 326 g/mol. The molecule has 0 N–H and O–H groups in total. The molecule has 0 aliphatic heterocycles. The summed E-state index contributed by atoms with van der Waals surface area (Å²) in [4.78, 5) is 8.54. The largest absolute Gasteiger partial charge is 0.497 e. The van der Waals surface area contributed by atoms with Gasteiger partial charge in [0.25, 0.3) is 0 Å². The summed E-state index contributed by atoms with van der Waals surface area (Å²) < 4.78 is 12.3. The summed E-state index contributed by atoms with van der Waals surface area (Å²) in [6.45, 7) is 2.79. The Hall–Kier alpha value is -2.61. The molecule has 0 spiro atoms. The first-order valence-electron chi connectivity index (χ1n) is 7.37. The topological polar surface area (TPSA) is 75.0 Å². The van der Waals surface area contributed by atoms with Gasteiger partial charge in [0.15, 0.2) is 16.1 Å². The van der Waals surface area contributed by atoms with E-state index in [1.54, 1.807) is 26.5 Å². The molecule has 0 saturated carbocycles. The molecule has 124 valence electrons. The van der Waals surface area contributed by atoms with Gasteiger partial charge in [-0.05, 0) is 43.0 Å². The van der Waals surface area contributed by atoms with Gasteiger partial charge >= 0.3 is 0 Å². The zero-order valence-corrected chi connectivity index (χ0v) is 14.4. The minimum Gasteiger partial charge on any atom is -0.497 e. The molecule has 0 bridgehead atoms. The molecular formula is C16H17N5O2S. The lowest BCUT2D eigenvalue weighted by atomic mass is 10.2. The van der Waals surface area contributed by atoms with Gasteiger partial charge in [0.05, 0.1) is 14.2 Å². The van der Waals surface area contributed by atoms with Crippen LogP contribution >= 0.6 is 11.8 Å². The maximum atomic E-state index is 5.19. The highest BCUT2D eigenvalue weighted by atomic mass is 32.2. The fourth-order valence-electron chi connectivity index (χ4n) is 2.17. The van der Waals surface area contributed by atoms with Crippen LogP contribution in [0.5, 0.6) is 11.6 Å². The van der Waals surface area contributed by atoms with Crippen LogP contribution in [0.4, 0.5) is 0 Å². The van der Waals surface area contributed by atoms with Gasteiger partial charge in [-0.2, -0.15) is 4.98 Å². The summed E-state index contributed by atoms with van der Waals surface area (Å²) in [6, 6.07) is 9.44. The third kappa shape index (κ3) is 3.33. The van der Waals surface area contributed by atoms with E-state index in [0.29, 0.717) is 11.0 Å². The van der Waals surface area contributed by atoms with Crippen molar-refractivity contribution in [3.8, 4) is 23.0 Å². The molecule has 0 radical (unpaired) electrons. The molecule has 24 heavy (non-hydrogen) atoms. The average Bonchev–Trinajstić information content (AvgIpc) is 3.04. The van der Waals surface area contributed by atoms with E-state index in [1.165, 1.54) is 11.8 Å². The van der Waals surface area contributed by atoms with Crippen molar-refractivity contribution in [1.82, 2.24) is 24.7 Å². The maximum Gasteiger partial charge on any atom is 0.217 e. The lowest BCUT2D eigenvalue weighted by Crippen LogP contribution is -2.00. The first-order valence-corrected chi connectivity index (χ1v) is 8.19. The number of hydrogen-bond acceptors (Lipinski definition) is 7. The maximum absolute atomic E-state index is 5.19. The zero-order valence-electron chi connectivity index (χ0n) is 13.6. The summed E-state index contributed by atoms with van der Waals surface area (Å²) in [7, 11) is 3.22. The van der Waals surface area contributed by atoms with Crippen LogP contribution in [-0.2, 0) is 6.54 Å². The Balaban J connectivity index is 1.91. The van der Waals surface area contributed by atoms with Gasteiger partial charge in [-0.25, -0.2) is 4.98 Å². The number of hydrogen-bond donors (Lipinski definition) is 0. The number of methoxy groups -OCH3 is 2. The highest BCUT2D eigenvalue weighted by Gasteiger charge is 2.15. The van der Waals surface area contributed by atoms with E-state index >= 15 is 0 Å². The first kappa shape index (κ1) is 16.3. The second kappa shape index (κ2) is 7.31. The monoisotopic (exact) mass is 343 g/mol. The molecule has 0 fully saturated rings. The molecule has 3 aromatic rings. The second-order valence-corrected chi connectivity index (χ2v) is 5.70. The van der Waals surface area contributed by atoms with E-state index in [4.69, 9.17) is 9.47 Å². The van der Waals surface area contributed by atoms with E-state index in [0.717, 1.165) is 28.8 Å². The van der Waals surface area contributed by atoms with Crippen molar-refractivity contribution in [2.45, 2.75) is 23.8 Å². The molecule has 0 unspecified atom stereocenters. The summed E-state index contributed by atoms with van der Waals surface area (Å²) in [5, 5.41) is 9.90. The minimum absolute atomic E-state index is 0.519. The summed E-state index contributed by atoms with van der Waals surface area (Å²) in [6.07, 6.45) is 1.66. The lowest BCUT2D eigenvalue weighted by Gasteiger charge is -2.07. The third-order valence-electron chi connectivity index (χ3n) is 3.38. The van der Waals surface area contributed by atoms with Crippen LogP contribution in [0.3, 0.4) is 0 Å². The van der Waals surface area contributed by atoms with Gasteiger partial charge in [-0.15, -0.1) is 10.2 Å². The number of rotatable bonds is 6. The molecule has 1 aromatic carbocycles. The predicted octanol–water partition coefficient (Wildman–Crippen LogP) is 2.92. The summed E-state index contributed by atoms with van der Waals surface area (Å²) >= 11 is 1.35. The first-order chi connectivity index (χ1) is 11.7. The summed E-state index contributed by atoms with van der Waals surface area (Å²) in [5.41, 5.74) is 0.976. The lowest BCUT2D eigenvalue weighted by molar-refractivity contribution is 0.392. The van der Waals surface area contributed by atoms with Gasteiger partial charge in [-0.1, -0.05) is 0 Å². The smallest absolute Gasteiger partial charge is 0.217 e. The van der Waals surface area contributed by atoms with E-state index < -0.39 is 0 Å². The van der Waals surface area contributed by atoms with Crippen LogP contribution in [0.2, 0.25) is 0 Å². The molecule has 8 heteroatoms. The van der Waals surface area contributed by atoms with Crippen LogP contribution in [0.15, 0.2) is 46.8 Å². The second-order valence-electron chi connectivity index (χ2n) is 4.76. The Kier molecular flexibility index (Phi) is 4.95. The fraction of sp³-hybridized carbons (Fsp3) is 0.250. The van der Waals surface area contributed by atoms with Gasteiger partial charge in [0.1, 0.15) is 5.75 Å². The highest BCUT2D eigenvalue weighted by molar-refractivity contribution is 7.99. The average molecular weight is 343 g/mol. The summed E-state index contributed by atoms with van der Waals surface area (Å²) in [5.74, 6) is 2.12. The van der Waals surface area contributed by atoms with Crippen molar-refractivity contribution in [2.75, 3.05) is 14.2 Å². The van der Waals surface area contributed by atoms with E-state index in [9.17, 15) is 0 Å². The Labute approximate surface area is 144 Å². The number of nitrogens with zero attached hydrogens (tertiary/aromatic N) is 5. The van der Waals surface area contributed by atoms with Crippen molar-refractivity contribution in [3.63, 3.8) is 0 Å². The minimum atomic E-state index is 0.519. The van der Waals surface area contributed by atoms with Crippen molar-refractivity contribution in [2.24, 2.45) is 0 Å². The molecule has 0 aliphatic rings. The standard InChI is InChI=1S/C16H17N5O2S/c1-4-21-14(11-5-7-12(22-2)8-6-11)19-20-16(21)24-15-17-10-9-13(18-15)23-3/h5-10H,4H2,1-3H3. The van der Waals surface area contributed by atoms with Gasteiger partial charge in [-0.3, -0.25) is 0 Å². The van der Waals surface area contributed by atoms with E-state index in [-0.39, 0.29) is 0 Å². The Morgan fingerprint density at radius 3 is 2.50 bits per heavy atom. The zero-order chi connectivity index (χ0) is 16.9. The molecule has 7 nitrogen and oxygen atoms in total. The van der Waals surface area contributed by atoms with Crippen LogP contribution in [0.25, 0.3) is 11.4 Å². The van der Waals surface area contributed by atoms with E-state index in [1.807, 2.05) is 35.8 Å². The molecule has 0 aliphatic carbocycles. The molecule has 0 saturated heterocycles. The van der Waals surface area contributed by atoms with Crippen molar-refractivity contribution in [1.29, 1.82) is 0 Å². The quantitative estimate of drug-likeness (QED) is 0.637. The van der Waals surface area contributed by atoms with Crippen LogP contribution in [0, 0.1) is 0 Å². The fourth-order valence-corrected chi connectivity index (χ4v) is 2.99. The predicted molar refractivity (Wildman–Crippen MR) is 90.4 cm³/mol. The molecule has 0 amide bonds. The van der Waals surface area contributed by atoms with Crippen molar-refractivity contribution in [3.05, 3.63) is 36.5 Å². The van der Waals surface area contributed by atoms with E-state index in [2.05, 4.69) is 20.2 Å². The Morgan fingerprint density at radius 1 is 1.04 bits per heavy atom. The highest BCUT2D eigenvalue weighted by Crippen LogP contribution is 2.28. The number of benzene rings is 1. The van der Waals surface area contributed by atoms with Gasteiger partial charge in [0, 0.05) is 24.4 Å². The molecule has 0 atom stereocenters. The third-order valence-corrected chi connectivity index (χ3v) is 4.24. The normalized spacial score (nSPS) is 10.6. The van der Waals surface area contributed by atoms with Crippen molar-refractivity contribution >= 4 is 11.8 Å². The molecule has 3 rings (SSSR count).